The number of carbonyl (C=O) groups is 1. The van der Waals surface area contributed by atoms with Gasteiger partial charge in [-0.25, -0.2) is 8.42 Å². The van der Waals surface area contributed by atoms with Crippen LogP contribution in [0.2, 0.25) is 0 Å². The molecule has 0 radical (unpaired) electrons. The van der Waals surface area contributed by atoms with Crippen molar-refractivity contribution < 1.29 is 22.7 Å². The van der Waals surface area contributed by atoms with Crippen molar-refractivity contribution in [3.05, 3.63) is 84.4 Å². The average molecular weight is 455 g/mol. The lowest BCUT2D eigenvalue weighted by atomic mass is 10.2. The van der Waals surface area contributed by atoms with Gasteiger partial charge in [-0.2, -0.15) is 0 Å². The lowest BCUT2D eigenvalue weighted by Gasteiger charge is -2.24. The topological polar surface area (TPSA) is 84.9 Å². The summed E-state index contributed by atoms with van der Waals surface area (Å²) in [6, 6.07) is 22.3. The molecule has 0 aliphatic heterocycles. The Morgan fingerprint density at radius 2 is 1.53 bits per heavy atom. The second-order valence-electron chi connectivity index (χ2n) is 7.01. The number of aryl methyl sites for hydroxylation is 1. The van der Waals surface area contributed by atoms with E-state index in [1.807, 2.05) is 19.1 Å². The van der Waals surface area contributed by atoms with E-state index < -0.39 is 15.9 Å². The molecular formula is C24H26N2O5S. The molecule has 0 aromatic heterocycles. The van der Waals surface area contributed by atoms with Crippen LogP contribution in [-0.2, 0) is 14.8 Å². The van der Waals surface area contributed by atoms with Gasteiger partial charge in [0.2, 0.25) is 5.91 Å². The number of benzene rings is 3. The quantitative estimate of drug-likeness (QED) is 0.475. The minimum Gasteiger partial charge on any atom is -0.493 e. The molecule has 1 amide bonds. The highest BCUT2D eigenvalue weighted by molar-refractivity contribution is 7.92. The monoisotopic (exact) mass is 454 g/mol. The fourth-order valence-electron chi connectivity index (χ4n) is 3.02. The largest absolute Gasteiger partial charge is 0.493 e. The highest BCUT2D eigenvalue weighted by atomic mass is 32.2. The third-order valence-electron chi connectivity index (χ3n) is 4.69. The highest BCUT2D eigenvalue weighted by Crippen LogP contribution is 2.25. The van der Waals surface area contributed by atoms with E-state index in [1.165, 1.54) is 0 Å². The number of carbonyl (C=O) groups excluding carboxylic acids is 1. The Kier molecular flexibility index (Phi) is 7.72. The summed E-state index contributed by atoms with van der Waals surface area (Å²) in [5, 5.41) is 2.71. The molecular weight excluding hydrogens is 428 g/mol. The molecule has 0 heterocycles. The first kappa shape index (κ1) is 23.1. The average Bonchev–Trinajstić information content (AvgIpc) is 2.81. The number of rotatable bonds is 10. The van der Waals surface area contributed by atoms with Crippen LogP contribution < -0.4 is 19.1 Å². The molecule has 0 saturated heterocycles. The van der Waals surface area contributed by atoms with Crippen LogP contribution in [0.5, 0.6) is 11.5 Å². The van der Waals surface area contributed by atoms with E-state index in [1.54, 1.807) is 73.8 Å². The maximum absolute atomic E-state index is 13.3. The molecule has 3 aromatic carbocycles. The standard InChI is InChI=1S/C24H26N2O5S/c1-19-12-14-21(15-13-19)32(28,29)26(20-8-4-3-5-9-20)18-24(27)25-16-17-31-23-11-7-6-10-22(23)30-2/h3-15H,16-18H2,1-2H3,(H,25,27). The van der Waals surface area contributed by atoms with Crippen molar-refractivity contribution in [2.45, 2.75) is 11.8 Å². The Morgan fingerprint density at radius 3 is 2.19 bits per heavy atom. The maximum Gasteiger partial charge on any atom is 0.264 e. The summed E-state index contributed by atoms with van der Waals surface area (Å²) in [6.45, 7) is 1.95. The summed E-state index contributed by atoms with van der Waals surface area (Å²) in [5.74, 6) is 0.726. The smallest absolute Gasteiger partial charge is 0.264 e. The van der Waals surface area contributed by atoms with Crippen LogP contribution in [0.15, 0.2) is 83.8 Å². The summed E-state index contributed by atoms with van der Waals surface area (Å²) in [6.07, 6.45) is 0. The third-order valence-corrected chi connectivity index (χ3v) is 6.48. The second kappa shape index (κ2) is 10.7. The zero-order valence-corrected chi connectivity index (χ0v) is 18.8. The van der Waals surface area contributed by atoms with Crippen molar-refractivity contribution in [2.24, 2.45) is 0 Å². The highest BCUT2D eigenvalue weighted by Gasteiger charge is 2.27. The van der Waals surface area contributed by atoms with E-state index in [4.69, 9.17) is 9.47 Å². The normalized spacial score (nSPS) is 10.9. The number of nitrogens with one attached hydrogen (secondary N) is 1. The van der Waals surface area contributed by atoms with Crippen molar-refractivity contribution in [3.63, 3.8) is 0 Å². The van der Waals surface area contributed by atoms with Crippen LogP contribution in [0.25, 0.3) is 0 Å². The number of anilines is 1. The summed E-state index contributed by atoms with van der Waals surface area (Å²) in [7, 11) is -2.37. The van der Waals surface area contributed by atoms with Crippen LogP contribution in [0.4, 0.5) is 5.69 Å². The first-order chi connectivity index (χ1) is 15.4. The molecule has 0 atom stereocenters. The fraction of sp³-hybridized carbons (Fsp3) is 0.208. The van der Waals surface area contributed by atoms with Crippen LogP contribution >= 0.6 is 0 Å². The molecule has 0 aliphatic rings. The van der Waals surface area contributed by atoms with Crippen molar-refractivity contribution in [1.82, 2.24) is 5.32 Å². The number of hydrogen-bond acceptors (Lipinski definition) is 5. The predicted molar refractivity (Wildman–Crippen MR) is 124 cm³/mol. The third kappa shape index (κ3) is 5.79. The molecule has 0 spiro atoms. The Morgan fingerprint density at radius 1 is 0.906 bits per heavy atom. The molecule has 8 heteroatoms. The zero-order chi connectivity index (χ0) is 23.0. The SMILES string of the molecule is COc1ccccc1OCCNC(=O)CN(c1ccccc1)S(=O)(=O)c1ccc(C)cc1. The molecule has 3 rings (SSSR count). The van der Waals surface area contributed by atoms with Gasteiger partial charge in [0.05, 0.1) is 24.2 Å². The van der Waals surface area contributed by atoms with E-state index in [-0.39, 0.29) is 24.6 Å². The molecule has 0 aliphatic carbocycles. The van der Waals surface area contributed by atoms with Crippen molar-refractivity contribution in [3.8, 4) is 11.5 Å². The predicted octanol–water partition coefficient (Wildman–Crippen LogP) is 3.39. The van der Waals surface area contributed by atoms with E-state index in [0.717, 1.165) is 9.87 Å². The summed E-state index contributed by atoms with van der Waals surface area (Å²) in [5.41, 5.74) is 1.36. The number of hydrogen-bond donors (Lipinski definition) is 1. The number of amides is 1. The van der Waals surface area contributed by atoms with Crippen molar-refractivity contribution >= 4 is 21.6 Å². The molecule has 32 heavy (non-hydrogen) atoms. The molecule has 0 bridgehead atoms. The van der Waals surface area contributed by atoms with E-state index >= 15 is 0 Å². The molecule has 0 unspecified atom stereocenters. The first-order valence-corrected chi connectivity index (χ1v) is 11.5. The molecule has 1 N–H and O–H groups in total. The van der Waals surface area contributed by atoms with Crippen LogP contribution in [0.1, 0.15) is 5.56 Å². The Balaban J connectivity index is 1.67. The van der Waals surface area contributed by atoms with Gasteiger partial charge in [-0.15, -0.1) is 0 Å². The van der Waals surface area contributed by atoms with Gasteiger partial charge >= 0.3 is 0 Å². The van der Waals surface area contributed by atoms with Crippen molar-refractivity contribution in [1.29, 1.82) is 0 Å². The maximum atomic E-state index is 13.3. The zero-order valence-electron chi connectivity index (χ0n) is 18.0. The van der Waals surface area contributed by atoms with Crippen LogP contribution in [-0.4, -0.2) is 41.1 Å². The van der Waals surface area contributed by atoms with E-state index in [2.05, 4.69) is 5.32 Å². The van der Waals surface area contributed by atoms with Gasteiger partial charge in [-0.05, 0) is 43.3 Å². The molecule has 0 saturated carbocycles. The Bertz CT molecular complexity index is 1130. The fourth-order valence-corrected chi connectivity index (χ4v) is 4.44. The van der Waals surface area contributed by atoms with Crippen LogP contribution in [0.3, 0.4) is 0 Å². The number of ether oxygens (including phenoxy) is 2. The number of methoxy groups -OCH3 is 1. The molecule has 3 aromatic rings. The first-order valence-electron chi connectivity index (χ1n) is 10.1. The summed E-state index contributed by atoms with van der Waals surface area (Å²) < 4.78 is 38.5. The van der Waals surface area contributed by atoms with Gasteiger partial charge in [0, 0.05) is 0 Å². The Hall–Kier alpha value is -3.52. The lowest BCUT2D eigenvalue weighted by Crippen LogP contribution is -2.41. The number of nitrogens with zero attached hydrogens (tertiary/aromatic N) is 1. The summed E-state index contributed by atoms with van der Waals surface area (Å²) in [4.78, 5) is 12.7. The summed E-state index contributed by atoms with van der Waals surface area (Å²) >= 11 is 0. The number of sulfonamides is 1. The Labute approximate surface area is 188 Å². The van der Waals surface area contributed by atoms with Gasteiger partial charge in [-0.3, -0.25) is 9.10 Å². The van der Waals surface area contributed by atoms with E-state index in [9.17, 15) is 13.2 Å². The lowest BCUT2D eigenvalue weighted by molar-refractivity contribution is -0.119. The number of para-hydroxylation sites is 3. The minimum absolute atomic E-state index is 0.124. The van der Waals surface area contributed by atoms with Gasteiger partial charge in [0.15, 0.2) is 11.5 Å². The minimum atomic E-state index is -3.92. The molecule has 168 valence electrons. The van der Waals surface area contributed by atoms with Crippen LogP contribution in [0, 0.1) is 6.92 Å². The molecule has 7 nitrogen and oxygen atoms in total. The van der Waals surface area contributed by atoms with Gasteiger partial charge < -0.3 is 14.8 Å². The van der Waals surface area contributed by atoms with E-state index in [0.29, 0.717) is 17.2 Å². The van der Waals surface area contributed by atoms with Gasteiger partial charge in [0.1, 0.15) is 13.2 Å². The molecule has 0 fully saturated rings. The van der Waals surface area contributed by atoms with Gasteiger partial charge in [-0.1, -0.05) is 48.0 Å². The second-order valence-corrected chi connectivity index (χ2v) is 8.87. The van der Waals surface area contributed by atoms with Gasteiger partial charge in [0.25, 0.3) is 10.0 Å². The van der Waals surface area contributed by atoms with Crippen molar-refractivity contribution in [2.75, 3.05) is 31.1 Å².